The number of hydrogen-bond acceptors (Lipinski definition) is 5. The smallest absolute Gasteiger partial charge is 0.349 e. The number of anilines is 2. The fourth-order valence-electron chi connectivity index (χ4n) is 1.92. The molecule has 0 fully saturated rings. The van der Waals surface area contributed by atoms with E-state index in [4.69, 9.17) is 10.2 Å². The predicted octanol–water partition coefficient (Wildman–Crippen LogP) is 2.02. The molecule has 0 atom stereocenters. The Morgan fingerprint density at radius 2 is 2.05 bits per heavy atom. The van der Waals surface area contributed by atoms with Gasteiger partial charge in [0.05, 0.1) is 0 Å². The SMILES string of the molecule is Nc1ccc2oc(=O)c(C(=O)Nc3ccccn3)cc2c1. The minimum Gasteiger partial charge on any atom is -0.422 e. The molecular weight excluding hydrogens is 270 g/mol. The molecular formula is C15H11N3O3. The molecule has 0 aliphatic carbocycles. The van der Waals surface area contributed by atoms with E-state index in [2.05, 4.69) is 10.3 Å². The molecule has 3 rings (SSSR count). The monoisotopic (exact) mass is 281 g/mol. The maximum Gasteiger partial charge on any atom is 0.349 e. The van der Waals surface area contributed by atoms with Crippen LogP contribution in [0.25, 0.3) is 11.0 Å². The Hall–Kier alpha value is -3.15. The van der Waals surface area contributed by atoms with Gasteiger partial charge in [-0.1, -0.05) is 6.07 Å². The summed E-state index contributed by atoms with van der Waals surface area (Å²) in [5, 5.41) is 3.12. The second kappa shape index (κ2) is 5.09. The molecule has 0 unspecified atom stereocenters. The normalized spacial score (nSPS) is 10.5. The molecule has 21 heavy (non-hydrogen) atoms. The fourth-order valence-corrected chi connectivity index (χ4v) is 1.92. The molecule has 2 heterocycles. The summed E-state index contributed by atoms with van der Waals surface area (Å²) >= 11 is 0. The first-order chi connectivity index (χ1) is 10.1. The van der Waals surface area contributed by atoms with Crippen molar-refractivity contribution in [2.75, 3.05) is 11.1 Å². The number of benzene rings is 1. The number of rotatable bonds is 2. The number of fused-ring (bicyclic) bond motifs is 1. The number of carbonyl (C=O) groups is 1. The third-order valence-electron chi connectivity index (χ3n) is 2.91. The summed E-state index contributed by atoms with van der Waals surface area (Å²) in [4.78, 5) is 28.0. The molecule has 3 N–H and O–H groups in total. The van der Waals surface area contributed by atoms with Crippen LogP contribution in [0.1, 0.15) is 10.4 Å². The van der Waals surface area contributed by atoms with Gasteiger partial charge in [-0.25, -0.2) is 9.78 Å². The van der Waals surface area contributed by atoms with Crippen molar-refractivity contribution < 1.29 is 9.21 Å². The lowest BCUT2D eigenvalue weighted by Gasteiger charge is -2.04. The number of hydrogen-bond donors (Lipinski definition) is 2. The van der Waals surface area contributed by atoms with Crippen LogP contribution < -0.4 is 16.7 Å². The number of pyridine rings is 1. The number of carbonyl (C=O) groups excluding carboxylic acids is 1. The van der Waals surface area contributed by atoms with Gasteiger partial charge in [-0.2, -0.15) is 0 Å². The van der Waals surface area contributed by atoms with Gasteiger partial charge in [-0.15, -0.1) is 0 Å². The van der Waals surface area contributed by atoms with E-state index in [1.54, 1.807) is 42.6 Å². The zero-order chi connectivity index (χ0) is 14.8. The molecule has 0 aliphatic rings. The molecule has 0 saturated carbocycles. The molecule has 3 aromatic rings. The fraction of sp³-hybridized carbons (Fsp3) is 0. The highest BCUT2D eigenvalue weighted by Crippen LogP contribution is 2.17. The van der Waals surface area contributed by atoms with Gasteiger partial charge in [0.15, 0.2) is 0 Å². The van der Waals surface area contributed by atoms with Gasteiger partial charge in [0.2, 0.25) is 0 Å². The molecule has 2 aromatic heterocycles. The van der Waals surface area contributed by atoms with E-state index in [1.807, 2.05) is 0 Å². The summed E-state index contributed by atoms with van der Waals surface area (Å²) < 4.78 is 5.11. The summed E-state index contributed by atoms with van der Waals surface area (Å²) in [6.07, 6.45) is 1.54. The lowest BCUT2D eigenvalue weighted by atomic mass is 10.1. The van der Waals surface area contributed by atoms with E-state index in [1.165, 1.54) is 6.07 Å². The summed E-state index contributed by atoms with van der Waals surface area (Å²) in [5.41, 5.74) is 5.77. The standard InChI is InChI=1S/C15H11N3O3/c16-10-4-5-12-9(7-10)8-11(15(20)21-12)14(19)18-13-3-1-2-6-17-13/h1-8H,16H2,(H,17,18,19). The highest BCUT2D eigenvalue weighted by Gasteiger charge is 2.14. The second-order valence-electron chi connectivity index (χ2n) is 4.41. The molecule has 6 nitrogen and oxygen atoms in total. The van der Waals surface area contributed by atoms with E-state index in [-0.39, 0.29) is 5.56 Å². The summed E-state index contributed by atoms with van der Waals surface area (Å²) in [6.45, 7) is 0. The van der Waals surface area contributed by atoms with Crippen LogP contribution in [0.4, 0.5) is 11.5 Å². The van der Waals surface area contributed by atoms with Crippen molar-refractivity contribution in [3.63, 3.8) is 0 Å². The lowest BCUT2D eigenvalue weighted by Crippen LogP contribution is -2.21. The van der Waals surface area contributed by atoms with Crippen LogP contribution in [0, 0.1) is 0 Å². The Bertz CT molecular complexity index is 872. The quantitative estimate of drug-likeness (QED) is 0.553. The zero-order valence-electron chi connectivity index (χ0n) is 10.9. The Morgan fingerprint density at radius 3 is 2.81 bits per heavy atom. The van der Waals surface area contributed by atoms with Crippen LogP contribution in [0.5, 0.6) is 0 Å². The Kier molecular flexibility index (Phi) is 3.12. The maximum atomic E-state index is 12.1. The molecule has 104 valence electrons. The number of nitrogen functional groups attached to an aromatic ring is 1. The largest absolute Gasteiger partial charge is 0.422 e. The van der Waals surface area contributed by atoms with Gasteiger partial charge in [-0.05, 0) is 36.4 Å². The Morgan fingerprint density at radius 1 is 1.19 bits per heavy atom. The van der Waals surface area contributed by atoms with Crippen molar-refractivity contribution in [3.8, 4) is 0 Å². The summed E-state index contributed by atoms with van der Waals surface area (Å²) in [6, 6.07) is 11.4. The first-order valence-corrected chi connectivity index (χ1v) is 6.19. The third kappa shape index (κ3) is 2.59. The second-order valence-corrected chi connectivity index (χ2v) is 4.41. The average Bonchev–Trinajstić information content (AvgIpc) is 2.48. The van der Waals surface area contributed by atoms with Crippen LogP contribution in [0.2, 0.25) is 0 Å². The molecule has 1 aromatic carbocycles. The lowest BCUT2D eigenvalue weighted by molar-refractivity contribution is 0.102. The molecule has 0 bridgehead atoms. The van der Waals surface area contributed by atoms with Crippen LogP contribution >= 0.6 is 0 Å². The van der Waals surface area contributed by atoms with Crippen LogP contribution in [0.3, 0.4) is 0 Å². The molecule has 1 amide bonds. The van der Waals surface area contributed by atoms with Gasteiger partial charge >= 0.3 is 5.63 Å². The van der Waals surface area contributed by atoms with Gasteiger partial charge < -0.3 is 15.5 Å². The molecule has 0 aliphatic heterocycles. The highest BCUT2D eigenvalue weighted by atomic mass is 16.4. The van der Waals surface area contributed by atoms with Crippen molar-refractivity contribution in [2.24, 2.45) is 0 Å². The molecule has 0 saturated heterocycles. The van der Waals surface area contributed by atoms with Gasteiger partial charge in [-0.3, -0.25) is 4.79 Å². The molecule has 0 spiro atoms. The number of aromatic nitrogens is 1. The van der Waals surface area contributed by atoms with Crippen LogP contribution in [-0.2, 0) is 0 Å². The van der Waals surface area contributed by atoms with E-state index in [0.29, 0.717) is 22.5 Å². The third-order valence-corrected chi connectivity index (χ3v) is 2.91. The molecule has 6 heteroatoms. The van der Waals surface area contributed by atoms with E-state index >= 15 is 0 Å². The minimum atomic E-state index is -0.708. The number of nitrogens with two attached hydrogens (primary N) is 1. The topological polar surface area (TPSA) is 98.2 Å². The van der Waals surface area contributed by atoms with Crippen molar-refractivity contribution in [2.45, 2.75) is 0 Å². The van der Waals surface area contributed by atoms with Crippen LogP contribution in [-0.4, -0.2) is 10.9 Å². The molecule has 0 radical (unpaired) electrons. The van der Waals surface area contributed by atoms with Crippen molar-refractivity contribution >= 4 is 28.4 Å². The van der Waals surface area contributed by atoms with E-state index < -0.39 is 11.5 Å². The van der Waals surface area contributed by atoms with Gasteiger partial charge in [0.1, 0.15) is 17.0 Å². The number of nitrogens with one attached hydrogen (secondary N) is 1. The number of amides is 1. The van der Waals surface area contributed by atoms with E-state index in [0.717, 1.165) is 0 Å². The zero-order valence-corrected chi connectivity index (χ0v) is 10.9. The number of nitrogens with zero attached hydrogens (tertiary/aromatic N) is 1. The predicted molar refractivity (Wildman–Crippen MR) is 79.1 cm³/mol. The van der Waals surface area contributed by atoms with Crippen molar-refractivity contribution in [1.82, 2.24) is 4.98 Å². The van der Waals surface area contributed by atoms with Crippen molar-refractivity contribution in [1.29, 1.82) is 0 Å². The van der Waals surface area contributed by atoms with Gasteiger partial charge in [0.25, 0.3) is 5.91 Å². The first-order valence-electron chi connectivity index (χ1n) is 6.19. The Labute approximate surface area is 119 Å². The highest BCUT2D eigenvalue weighted by molar-refractivity contribution is 6.05. The maximum absolute atomic E-state index is 12.1. The van der Waals surface area contributed by atoms with E-state index in [9.17, 15) is 9.59 Å². The first kappa shape index (κ1) is 12.9. The minimum absolute atomic E-state index is 0.0984. The Balaban J connectivity index is 2.01. The summed E-state index contributed by atoms with van der Waals surface area (Å²) in [7, 11) is 0. The summed E-state index contributed by atoms with van der Waals surface area (Å²) in [5.74, 6) is -0.221. The van der Waals surface area contributed by atoms with Crippen LogP contribution in [0.15, 0.2) is 57.9 Å². The van der Waals surface area contributed by atoms with Gasteiger partial charge in [0, 0.05) is 17.3 Å². The van der Waals surface area contributed by atoms with Crippen molar-refractivity contribution in [3.05, 3.63) is 64.6 Å². The average molecular weight is 281 g/mol.